The standard InChI is InChI=1S/C28H30N4O2/c1-2-3-5-14-27-30-26(18-15-21-10-6-4-7-11-21)31-32(27)20-23-17-16-22(19-29-23)24-12-8-9-13-25(24)28(33)34/h4,6-13,16-17,19H,2-3,5,14-15,18,20H2,1H3,(H,33,34). The van der Waals surface area contributed by atoms with Gasteiger partial charge in [-0.25, -0.2) is 14.5 Å². The molecule has 2 aromatic heterocycles. The summed E-state index contributed by atoms with van der Waals surface area (Å²) in [6.45, 7) is 2.74. The lowest BCUT2D eigenvalue weighted by Crippen LogP contribution is -2.09. The fraction of sp³-hybridized carbons (Fsp3) is 0.286. The molecule has 0 radical (unpaired) electrons. The van der Waals surface area contributed by atoms with Crippen LogP contribution in [-0.2, 0) is 25.8 Å². The maximum Gasteiger partial charge on any atom is 0.336 e. The Balaban J connectivity index is 1.51. The Hall–Kier alpha value is -3.80. The molecule has 0 saturated heterocycles. The minimum absolute atomic E-state index is 0.273. The number of aromatic carboxylic acids is 1. The normalized spacial score (nSPS) is 11.0. The predicted octanol–water partition coefficient (Wildman–Crippen LogP) is 5.60. The summed E-state index contributed by atoms with van der Waals surface area (Å²) in [6, 6.07) is 21.3. The Labute approximate surface area is 200 Å². The highest BCUT2D eigenvalue weighted by molar-refractivity contribution is 5.95. The first-order chi connectivity index (χ1) is 16.6. The van der Waals surface area contributed by atoms with E-state index in [2.05, 4.69) is 36.2 Å². The van der Waals surface area contributed by atoms with Crippen LogP contribution in [0.2, 0.25) is 0 Å². The van der Waals surface area contributed by atoms with Crippen LogP contribution in [-0.4, -0.2) is 30.8 Å². The molecule has 0 bridgehead atoms. The Morgan fingerprint density at radius 3 is 2.44 bits per heavy atom. The molecule has 0 fully saturated rings. The van der Waals surface area contributed by atoms with E-state index >= 15 is 0 Å². The third-order valence-electron chi connectivity index (χ3n) is 5.88. The zero-order chi connectivity index (χ0) is 23.8. The van der Waals surface area contributed by atoms with E-state index in [9.17, 15) is 9.90 Å². The molecule has 0 amide bonds. The van der Waals surface area contributed by atoms with Crippen molar-refractivity contribution >= 4 is 5.97 Å². The molecular weight excluding hydrogens is 424 g/mol. The van der Waals surface area contributed by atoms with Crippen molar-refractivity contribution in [2.75, 3.05) is 0 Å². The largest absolute Gasteiger partial charge is 0.478 e. The van der Waals surface area contributed by atoms with E-state index in [1.807, 2.05) is 35.0 Å². The van der Waals surface area contributed by atoms with Crippen molar-refractivity contribution in [2.24, 2.45) is 0 Å². The SMILES string of the molecule is CCCCCc1nc(CCc2ccccc2)nn1Cc1ccc(-c2ccccc2C(=O)O)cn1. The lowest BCUT2D eigenvalue weighted by molar-refractivity contribution is 0.0697. The molecule has 6 heteroatoms. The van der Waals surface area contributed by atoms with Gasteiger partial charge in [0.05, 0.1) is 17.8 Å². The number of aromatic nitrogens is 4. The number of rotatable bonds is 11. The van der Waals surface area contributed by atoms with Gasteiger partial charge in [-0.3, -0.25) is 4.98 Å². The molecule has 0 aliphatic carbocycles. The van der Waals surface area contributed by atoms with E-state index in [0.29, 0.717) is 12.1 Å². The van der Waals surface area contributed by atoms with Crippen LogP contribution in [0.4, 0.5) is 0 Å². The number of hydrogen-bond donors (Lipinski definition) is 1. The molecule has 2 aromatic carbocycles. The van der Waals surface area contributed by atoms with E-state index in [1.165, 1.54) is 12.0 Å². The Morgan fingerprint density at radius 2 is 1.71 bits per heavy atom. The van der Waals surface area contributed by atoms with Gasteiger partial charge in [0.15, 0.2) is 5.82 Å². The highest BCUT2D eigenvalue weighted by Crippen LogP contribution is 2.23. The zero-order valence-electron chi connectivity index (χ0n) is 19.5. The van der Waals surface area contributed by atoms with Crippen LogP contribution >= 0.6 is 0 Å². The fourth-order valence-electron chi connectivity index (χ4n) is 4.03. The monoisotopic (exact) mass is 454 g/mol. The van der Waals surface area contributed by atoms with Crippen molar-refractivity contribution < 1.29 is 9.90 Å². The molecule has 6 nitrogen and oxygen atoms in total. The average molecular weight is 455 g/mol. The second kappa shape index (κ2) is 11.4. The summed E-state index contributed by atoms with van der Waals surface area (Å²) < 4.78 is 1.98. The Kier molecular flexibility index (Phi) is 7.81. The number of carboxylic acids is 1. The summed E-state index contributed by atoms with van der Waals surface area (Å²) in [5.41, 5.74) is 3.87. The van der Waals surface area contributed by atoms with Crippen molar-refractivity contribution in [1.29, 1.82) is 0 Å². The Morgan fingerprint density at radius 1 is 0.912 bits per heavy atom. The van der Waals surface area contributed by atoms with Crippen LogP contribution in [0.3, 0.4) is 0 Å². The van der Waals surface area contributed by atoms with E-state index in [1.54, 1.807) is 18.3 Å². The van der Waals surface area contributed by atoms with Gasteiger partial charge in [0.2, 0.25) is 0 Å². The number of hydrogen-bond acceptors (Lipinski definition) is 4. The molecule has 0 spiro atoms. The van der Waals surface area contributed by atoms with Gasteiger partial charge in [-0.2, -0.15) is 5.10 Å². The van der Waals surface area contributed by atoms with E-state index < -0.39 is 5.97 Å². The van der Waals surface area contributed by atoms with Crippen LogP contribution in [0.25, 0.3) is 11.1 Å². The summed E-state index contributed by atoms with van der Waals surface area (Å²) in [5.74, 6) is 0.919. The maximum absolute atomic E-state index is 11.6. The molecule has 174 valence electrons. The van der Waals surface area contributed by atoms with Gasteiger partial charge in [-0.15, -0.1) is 0 Å². The summed E-state index contributed by atoms with van der Waals surface area (Å²) in [7, 11) is 0. The van der Waals surface area contributed by atoms with Crippen molar-refractivity contribution in [1.82, 2.24) is 19.7 Å². The first-order valence-corrected chi connectivity index (χ1v) is 11.9. The lowest BCUT2D eigenvalue weighted by Gasteiger charge is -2.08. The number of benzene rings is 2. The summed E-state index contributed by atoms with van der Waals surface area (Å²) in [4.78, 5) is 21.0. The predicted molar refractivity (Wildman–Crippen MR) is 133 cm³/mol. The molecule has 0 atom stereocenters. The van der Waals surface area contributed by atoms with Gasteiger partial charge in [0.1, 0.15) is 5.82 Å². The highest BCUT2D eigenvalue weighted by atomic mass is 16.4. The van der Waals surface area contributed by atoms with Gasteiger partial charge in [0, 0.05) is 24.6 Å². The van der Waals surface area contributed by atoms with Crippen molar-refractivity contribution in [3.05, 3.63) is 101 Å². The first-order valence-electron chi connectivity index (χ1n) is 11.9. The molecule has 34 heavy (non-hydrogen) atoms. The summed E-state index contributed by atoms with van der Waals surface area (Å²) >= 11 is 0. The zero-order valence-corrected chi connectivity index (χ0v) is 19.5. The molecular formula is C28H30N4O2. The molecule has 0 aliphatic heterocycles. The number of nitrogens with zero attached hydrogens (tertiary/aromatic N) is 4. The molecule has 0 saturated carbocycles. The third-order valence-corrected chi connectivity index (χ3v) is 5.88. The number of aryl methyl sites for hydroxylation is 3. The third kappa shape index (κ3) is 5.95. The van der Waals surface area contributed by atoms with Crippen molar-refractivity contribution in [3.63, 3.8) is 0 Å². The van der Waals surface area contributed by atoms with Crippen molar-refractivity contribution in [2.45, 2.75) is 52.0 Å². The van der Waals surface area contributed by atoms with Gasteiger partial charge >= 0.3 is 5.97 Å². The van der Waals surface area contributed by atoms with E-state index in [4.69, 9.17) is 10.1 Å². The Bertz CT molecular complexity index is 1220. The van der Waals surface area contributed by atoms with Crippen LogP contribution < -0.4 is 0 Å². The quantitative estimate of drug-likeness (QED) is 0.298. The summed E-state index contributed by atoms with van der Waals surface area (Å²) in [6.07, 6.45) is 7.77. The maximum atomic E-state index is 11.6. The number of carboxylic acid groups (broad SMARTS) is 1. The number of unbranched alkanes of at least 4 members (excludes halogenated alkanes) is 2. The second-order valence-corrected chi connectivity index (χ2v) is 8.43. The van der Waals surface area contributed by atoms with Gasteiger partial charge in [-0.1, -0.05) is 74.4 Å². The van der Waals surface area contributed by atoms with Crippen molar-refractivity contribution in [3.8, 4) is 11.1 Å². The molecule has 1 N–H and O–H groups in total. The van der Waals surface area contributed by atoms with Gasteiger partial charge in [0.25, 0.3) is 0 Å². The van der Waals surface area contributed by atoms with Crippen LogP contribution in [0.15, 0.2) is 72.9 Å². The van der Waals surface area contributed by atoms with Crippen LogP contribution in [0.1, 0.15) is 59.5 Å². The van der Waals surface area contributed by atoms with E-state index in [0.717, 1.165) is 55.0 Å². The van der Waals surface area contributed by atoms with Gasteiger partial charge in [-0.05, 0) is 36.1 Å². The molecule has 4 rings (SSSR count). The minimum atomic E-state index is -0.943. The molecule has 2 heterocycles. The molecule has 0 unspecified atom stereocenters. The molecule has 4 aromatic rings. The first kappa shape index (κ1) is 23.4. The van der Waals surface area contributed by atoms with Crippen LogP contribution in [0, 0.1) is 0 Å². The number of carbonyl (C=O) groups is 1. The number of pyridine rings is 1. The van der Waals surface area contributed by atoms with E-state index in [-0.39, 0.29) is 5.56 Å². The van der Waals surface area contributed by atoms with Crippen LogP contribution in [0.5, 0.6) is 0 Å². The fourth-order valence-corrected chi connectivity index (χ4v) is 4.03. The second-order valence-electron chi connectivity index (χ2n) is 8.43. The topological polar surface area (TPSA) is 80.9 Å². The van der Waals surface area contributed by atoms with Gasteiger partial charge < -0.3 is 5.11 Å². The smallest absolute Gasteiger partial charge is 0.336 e. The highest BCUT2D eigenvalue weighted by Gasteiger charge is 2.13. The summed E-state index contributed by atoms with van der Waals surface area (Å²) in [5, 5.41) is 14.3. The lowest BCUT2D eigenvalue weighted by atomic mass is 10.0. The molecule has 0 aliphatic rings. The minimum Gasteiger partial charge on any atom is -0.478 e. The average Bonchev–Trinajstić information content (AvgIpc) is 3.25.